The first-order valence-corrected chi connectivity index (χ1v) is 9.50. The van der Waals surface area contributed by atoms with Gasteiger partial charge in [0.05, 0.1) is 5.52 Å². The normalized spacial score (nSPS) is 14.0. The number of nitrogens with one attached hydrogen (secondary N) is 1. The highest BCUT2D eigenvalue weighted by Crippen LogP contribution is 2.38. The summed E-state index contributed by atoms with van der Waals surface area (Å²) in [7, 11) is 0. The van der Waals surface area contributed by atoms with Gasteiger partial charge in [0.1, 0.15) is 0 Å². The molecule has 0 fully saturated rings. The predicted octanol–water partition coefficient (Wildman–Crippen LogP) is 6.41. The van der Waals surface area contributed by atoms with Gasteiger partial charge in [-0.25, -0.2) is 0 Å². The first kappa shape index (κ1) is 14.2. The quantitative estimate of drug-likeness (QED) is 0.365. The number of rotatable bonds is 1. The van der Waals surface area contributed by atoms with Crippen molar-refractivity contribution >= 4 is 49.6 Å². The number of fused-ring (bicyclic) bond motifs is 8. The number of allylic oxidation sites excluding steroid dienone is 1. The molecule has 0 atom stereocenters. The van der Waals surface area contributed by atoms with Crippen LogP contribution < -0.4 is 0 Å². The lowest BCUT2D eigenvalue weighted by atomic mass is 10.00. The fourth-order valence-corrected chi connectivity index (χ4v) is 4.79. The Morgan fingerprint density at radius 1 is 0.962 bits per heavy atom. The maximum atomic E-state index is 3.68. The highest BCUT2D eigenvalue weighted by atomic mass is 15.0. The second-order valence-electron chi connectivity index (χ2n) is 7.30. The van der Waals surface area contributed by atoms with Crippen LogP contribution in [0.3, 0.4) is 0 Å². The zero-order valence-corrected chi connectivity index (χ0v) is 14.8. The van der Waals surface area contributed by atoms with Crippen LogP contribution in [0.4, 0.5) is 0 Å². The van der Waals surface area contributed by atoms with E-state index < -0.39 is 0 Å². The van der Waals surface area contributed by atoms with Crippen molar-refractivity contribution in [1.82, 2.24) is 9.55 Å². The van der Waals surface area contributed by atoms with E-state index in [0.29, 0.717) is 0 Å². The fourth-order valence-electron chi connectivity index (χ4n) is 4.79. The number of benzene rings is 3. The monoisotopic (exact) mass is 336 g/mol. The van der Waals surface area contributed by atoms with Crippen molar-refractivity contribution in [2.75, 3.05) is 0 Å². The molecule has 26 heavy (non-hydrogen) atoms. The minimum absolute atomic E-state index is 0.976. The summed E-state index contributed by atoms with van der Waals surface area (Å²) in [5.41, 5.74) is 6.68. The van der Waals surface area contributed by atoms with Crippen LogP contribution in [0.15, 0.2) is 54.6 Å². The highest BCUT2D eigenvalue weighted by Gasteiger charge is 2.17. The average molecular weight is 336 g/mol. The van der Waals surface area contributed by atoms with E-state index in [1.165, 1.54) is 54.7 Å². The molecule has 2 heterocycles. The van der Waals surface area contributed by atoms with Crippen molar-refractivity contribution < 1.29 is 0 Å². The van der Waals surface area contributed by atoms with Gasteiger partial charge in [-0.05, 0) is 48.7 Å². The van der Waals surface area contributed by atoms with Crippen LogP contribution in [0.1, 0.15) is 24.6 Å². The van der Waals surface area contributed by atoms with Crippen molar-refractivity contribution in [1.29, 1.82) is 0 Å². The van der Waals surface area contributed by atoms with Crippen LogP contribution >= 0.6 is 0 Å². The summed E-state index contributed by atoms with van der Waals surface area (Å²) in [4.78, 5) is 3.68. The number of aromatic amines is 1. The molecule has 2 heteroatoms. The first-order chi connectivity index (χ1) is 12.8. The lowest BCUT2D eigenvalue weighted by Crippen LogP contribution is -1.92. The topological polar surface area (TPSA) is 20.7 Å². The third-order valence-corrected chi connectivity index (χ3v) is 5.96. The molecule has 0 radical (unpaired) electrons. The van der Waals surface area contributed by atoms with E-state index >= 15 is 0 Å². The van der Waals surface area contributed by atoms with Gasteiger partial charge in [-0.3, -0.25) is 0 Å². The maximum Gasteiger partial charge on any atom is 0.0512 e. The molecule has 1 N–H and O–H groups in total. The molecule has 5 aromatic rings. The molecule has 0 saturated heterocycles. The minimum Gasteiger partial charge on any atom is -0.358 e. The summed E-state index contributed by atoms with van der Waals surface area (Å²) in [6.45, 7) is 3.21. The molecule has 0 spiro atoms. The largest absolute Gasteiger partial charge is 0.358 e. The van der Waals surface area contributed by atoms with Gasteiger partial charge in [0, 0.05) is 45.0 Å². The Bertz CT molecular complexity index is 1360. The third kappa shape index (κ3) is 1.71. The Morgan fingerprint density at radius 3 is 2.81 bits per heavy atom. The molecule has 0 amide bonds. The fraction of sp³-hybridized carbons (Fsp3) is 0.167. The Hall–Kier alpha value is -3.00. The average Bonchev–Trinajstić information content (AvgIpc) is 3.20. The molecule has 0 unspecified atom stereocenters. The molecule has 2 nitrogen and oxygen atoms in total. The van der Waals surface area contributed by atoms with Crippen LogP contribution in [0.2, 0.25) is 0 Å². The van der Waals surface area contributed by atoms with E-state index in [2.05, 4.69) is 77.2 Å². The van der Waals surface area contributed by atoms with Crippen LogP contribution in [0.25, 0.3) is 49.6 Å². The zero-order chi connectivity index (χ0) is 17.3. The van der Waals surface area contributed by atoms with Gasteiger partial charge in [-0.2, -0.15) is 0 Å². The number of hydrogen-bond acceptors (Lipinski definition) is 0. The van der Waals surface area contributed by atoms with Gasteiger partial charge >= 0.3 is 0 Å². The Balaban J connectivity index is 1.87. The molecule has 6 rings (SSSR count). The van der Waals surface area contributed by atoms with Crippen LogP contribution in [0, 0.1) is 0 Å². The molecule has 3 aromatic carbocycles. The van der Waals surface area contributed by atoms with Gasteiger partial charge in [0.15, 0.2) is 0 Å². The van der Waals surface area contributed by atoms with Gasteiger partial charge in [-0.1, -0.05) is 42.5 Å². The number of aryl methyl sites for hydroxylation is 2. The summed E-state index contributed by atoms with van der Waals surface area (Å²) < 4.78 is 2.45. The van der Waals surface area contributed by atoms with Crippen LogP contribution in [-0.2, 0) is 13.0 Å². The maximum absolute atomic E-state index is 3.68. The van der Waals surface area contributed by atoms with Crippen LogP contribution in [0.5, 0.6) is 0 Å². The molecule has 2 aromatic heterocycles. The molecule has 1 aliphatic rings. The number of aromatic nitrogens is 2. The van der Waals surface area contributed by atoms with Crippen molar-refractivity contribution in [3.63, 3.8) is 0 Å². The molecular formula is C24H20N2. The second kappa shape index (κ2) is 5.01. The van der Waals surface area contributed by atoms with E-state index in [4.69, 9.17) is 0 Å². The predicted molar refractivity (Wildman–Crippen MR) is 112 cm³/mol. The van der Waals surface area contributed by atoms with Gasteiger partial charge < -0.3 is 9.55 Å². The third-order valence-electron chi connectivity index (χ3n) is 5.96. The van der Waals surface area contributed by atoms with Crippen molar-refractivity contribution in [2.45, 2.75) is 26.3 Å². The van der Waals surface area contributed by atoms with Gasteiger partial charge in [0.2, 0.25) is 0 Å². The zero-order valence-electron chi connectivity index (χ0n) is 14.8. The Morgan fingerprint density at radius 2 is 1.88 bits per heavy atom. The van der Waals surface area contributed by atoms with Gasteiger partial charge in [-0.15, -0.1) is 0 Å². The molecule has 126 valence electrons. The number of nitrogens with zero attached hydrogens (tertiary/aromatic N) is 1. The Labute approximate surface area is 151 Å². The standard InChI is InChI=1S/C24H20N2/c1-2-26-22-12-11-15-7-3-4-8-16(15)24(22)19-13-18-17-9-5-6-10-20(17)25-21(18)14-23(19)26/h3-5,7-9,11-14,25H,2,6,10H2,1H3. The van der Waals surface area contributed by atoms with E-state index in [9.17, 15) is 0 Å². The summed E-state index contributed by atoms with van der Waals surface area (Å²) >= 11 is 0. The smallest absolute Gasteiger partial charge is 0.0512 e. The van der Waals surface area contributed by atoms with Crippen molar-refractivity contribution in [3.05, 3.63) is 65.9 Å². The summed E-state index contributed by atoms with van der Waals surface area (Å²) in [6, 6.07) is 18.0. The van der Waals surface area contributed by atoms with E-state index in [0.717, 1.165) is 19.4 Å². The summed E-state index contributed by atoms with van der Waals surface area (Å²) in [5, 5.41) is 6.77. The van der Waals surface area contributed by atoms with Gasteiger partial charge in [0.25, 0.3) is 0 Å². The highest BCUT2D eigenvalue weighted by molar-refractivity contribution is 6.22. The summed E-state index contributed by atoms with van der Waals surface area (Å²) in [5.74, 6) is 0. The molecule has 0 saturated carbocycles. The van der Waals surface area contributed by atoms with E-state index in [1.807, 2.05) is 0 Å². The van der Waals surface area contributed by atoms with Crippen LogP contribution in [-0.4, -0.2) is 9.55 Å². The molecule has 0 aliphatic heterocycles. The molecule has 1 aliphatic carbocycles. The minimum atomic E-state index is 0.976. The lowest BCUT2D eigenvalue weighted by Gasteiger charge is -2.04. The lowest BCUT2D eigenvalue weighted by molar-refractivity contribution is 0.827. The van der Waals surface area contributed by atoms with Crippen molar-refractivity contribution in [2.24, 2.45) is 0 Å². The SMILES string of the molecule is CCn1c2cc3[nH]c4c(c3cc2c2c3ccccc3ccc21)C=CCC4. The number of hydrogen-bond donors (Lipinski definition) is 1. The van der Waals surface area contributed by atoms with E-state index in [1.54, 1.807) is 0 Å². The molecule has 0 bridgehead atoms. The Kier molecular flexibility index (Phi) is 2.74. The first-order valence-electron chi connectivity index (χ1n) is 9.50. The summed E-state index contributed by atoms with van der Waals surface area (Å²) in [6.07, 6.45) is 6.83. The second-order valence-corrected chi connectivity index (χ2v) is 7.30. The number of H-pyrrole nitrogens is 1. The van der Waals surface area contributed by atoms with Crippen molar-refractivity contribution in [3.8, 4) is 0 Å². The van der Waals surface area contributed by atoms with E-state index in [-0.39, 0.29) is 0 Å². The molecular weight excluding hydrogens is 316 g/mol.